The molecule has 0 unspecified atom stereocenters. The highest BCUT2D eigenvalue weighted by Gasteiger charge is 2.18. The maximum Gasteiger partial charge on any atom is 0.125 e. The summed E-state index contributed by atoms with van der Waals surface area (Å²) in [6.45, 7) is 7.17. The second-order valence-corrected chi connectivity index (χ2v) is 8.00. The lowest BCUT2D eigenvalue weighted by Crippen LogP contribution is -2.33. The summed E-state index contributed by atoms with van der Waals surface area (Å²) in [5.41, 5.74) is 9.58. The van der Waals surface area contributed by atoms with Crippen molar-refractivity contribution in [1.82, 2.24) is 4.90 Å². The normalized spacial score (nSPS) is 16.1. The van der Waals surface area contributed by atoms with E-state index in [1.54, 1.807) is 5.01 Å². The third-order valence-electron chi connectivity index (χ3n) is 5.73. The van der Waals surface area contributed by atoms with Crippen LogP contribution in [0.4, 0.5) is 5.69 Å². The number of hydrogen-bond acceptors (Lipinski definition) is 4. The minimum atomic E-state index is 0.622. The molecular weight excluding hydrogens is 358 g/mol. The van der Waals surface area contributed by atoms with Crippen molar-refractivity contribution in [2.45, 2.75) is 39.2 Å². The molecule has 0 aromatic heterocycles. The van der Waals surface area contributed by atoms with E-state index < -0.39 is 0 Å². The Hall–Kier alpha value is -2.37. The maximum absolute atomic E-state index is 6.20. The number of hydrazine groups is 1. The van der Waals surface area contributed by atoms with Crippen molar-refractivity contribution >= 4 is 11.5 Å². The molecule has 0 aliphatic carbocycles. The molecule has 1 aliphatic rings. The number of rotatable bonds is 9. The molecule has 1 aliphatic heterocycles. The van der Waals surface area contributed by atoms with Crippen molar-refractivity contribution < 1.29 is 0 Å². The third kappa shape index (κ3) is 6.58. The molecular formula is C24H35N5. The topological polar surface area (TPSA) is 70.9 Å². The van der Waals surface area contributed by atoms with Gasteiger partial charge in [-0.15, -0.1) is 0 Å². The predicted octanol–water partition coefficient (Wildman–Crippen LogP) is 3.78. The Labute approximate surface area is 175 Å². The van der Waals surface area contributed by atoms with Gasteiger partial charge in [-0.05, 0) is 74.5 Å². The minimum Gasteiger partial charge on any atom is -0.384 e. The van der Waals surface area contributed by atoms with Crippen LogP contribution >= 0.6 is 0 Å². The zero-order chi connectivity index (χ0) is 20.5. The first-order chi connectivity index (χ1) is 14.2. The number of piperidine rings is 1. The van der Waals surface area contributed by atoms with Gasteiger partial charge in [-0.2, -0.15) is 0 Å². The molecule has 1 saturated heterocycles. The summed E-state index contributed by atoms with van der Waals surface area (Å²) in [7, 11) is 0. The number of aliphatic imine (C=N–C) groups is 1. The van der Waals surface area contributed by atoms with Crippen LogP contribution in [0.2, 0.25) is 0 Å². The van der Waals surface area contributed by atoms with Gasteiger partial charge in [-0.25, -0.2) is 5.84 Å². The summed E-state index contributed by atoms with van der Waals surface area (Å²) in [6.07, 6.45) is 4.64. The summed E-state index contributed by atoms with van der Waals surface area (Å²) >= 11 is 0. The van der Waals surface area contributed by atoms with Crippen LogP contribution in [0, 0.1) is 5.92 Å². The first-order valence-corrected chi connectivity index (χ1v) is 10.8. The lowest BCUT2D eigenvalue weighted by Gasteiger charge is -2.31. The van der Waals surface area contributed by atoms with E-state index >= 15 is 0 Å². The summed E-state index contributed by atoms with van der Waals surface area (Å²) in [5, 5.41) is 1.77. The molecule has 0 bridgehead atoms. The molecule has 5 heteroatoms. The van der Waals surface area contributed by atoms with Crippen LogP contribution in [0.3, 0.4) is 0 Å². The zero-order valence-corrected chi connectivity index (χ0v) is 17.6. The molecule has 0 saturated carbocycles. The Bertz CT molecular complexity index is 749. The maximum atomic E-state index is 6.20. The quantitative estimate of drug-likeness (QED) is 0.294. The number of likely N-dealkylation sites (tertiary alicyclic amines) is 1. The highest BCUT2D eigenvalue weighted by molar-refractivity contribution is 5.97. The van der Waals surface area contributed by atoms with Gasteiger partial charge >= 0.3 is 0 Å². The van der Waals surface area contributed by atoms with E-state index in [0.29, 0.717) is 5.84 Å². The number of anilines is 1. The van der Waals surface area contributed by atoms with Crippen molar-refractivity contribution in [3.63, 3.8) is 0 Å². The van der Waals surface area contributed by atoms with Gasteiger partial charge in [0.05, 0.1) is 5.69 Å². The van der Waals surface area contributed by atoms with Crippen molar-refractivity contribution in [3.8, 4) is 0 Å². The Kier molecular flexibility index (Phi) is 8.08. The fourth-order valence-electron chi connectivity index (χ4n) is 3.93. The fraction of sp³-hybridized carbons (Fsp3) is 0.458. The molecule has 0 radical (unpaired) electrons. The lowest BCUT2D eigenvalue weighted by molar-refractivity contribution is 0.173. The van der Waals surface area contributed by atoms with Crippen LogP contribution in [0.1, 0.15) is 43.7 Å². The van der Waals surface area contributed by atoms with Crippen LogP contribution in [0.25, 0.3) is 0 Å². The van der Waals surface area contributed by atoms with Gasteiger partial charge in [-0.3, -0.25) is 9.89 Å². The number of nitrogens with two attached hydrogens (primary N) is 2. The first-order valence-electron chi connectivity index (χ1n) is 10.8. The Morgan fingerprint density at radius 3 is 2.41 bits per heavy atom. The van der Waals surface area contributed by atoms with Crippen LogP contribution < -0.4 is 16.6 Å². The van der Waals surface area contributed by atoms with Crippen LogP contribution in [0.15, 0.2) is 59.6 Å². The van der Waals surface area contributed by atoms with Gasteiger partial charge < -0.3 is 10.7 Å². The van der Waals surface area contributed by atoms with Crippen LogP contribution in [0.5, 0.6) is 0 Å². The smallest absolute Gasteiger partial charge is 0.125 e. The Balaban J connectivity index is 1.41. The summed E-state index contributed by atoms with van der Waals surface area (Å²) < 4.78 is 0. The molecule has 156 valence electrons. The Morgan fingerprint density at radius 2 is 1.76 bits per heavy atom. The van der Waals surface area contributed by atoms with E-state index in [9.17, 15) is 0 Å². The van der Waals surface area contributed by atoms with E-state index in [1.165, 1.54) is 31.5 Å². The molecule has 5 nitrogen and oxygen atoms in total. The van der Waals surface area contributed by atoms with Gasteiger partial charge in [0.2, 0.25) is 0 Å². The Morgan fingerprint density at radius 1 is 1.07 bits per heavy atom. The van der Waals surface area contributed by atoms with E-state index in [4.69, 9.17) is 11.6 Å². The van der Waals surface area contributed by atoms with E-state index in [-0.39, 0.29) is 0 Å². The summed E-state index contributed by atoms with van der Waals surface area (Å²) in [4.78, 5) is 7.18. The average molecular weight is 394 g/mol. The van der Waals surface area contributed by atoms with E-state index in [0.717, 1.165) is 49.6 Å². The zero-order valence-electron chi connectivity index (χ0n) is 17.6. The monoisotopic (exact) mass is 393 g/mol. The number of nitrogens with zero attached hydrogens (tertiary/aromatic N) is 3. The molecule has 3 rings (SSSR count). The first kappa shape index (κ1) is 21.3. The average Bonchev–Trinajstić information content (AvgIpc) is 2.76. The van der Waals surface area contributed by atoms with Crippen LogP contribution in [-0.2, 0) is 6.54 Å². The molecule has 0 amide bonds. The molecule has 2 aromatic carbocycles. The van der Waals surface area contributed by atoms with Crippen LogP contribution in [-0.4, -0.2) is 36.9 Å². The molecule has 1 heterocycles. The molecule has 29 heavy (non-hydrogen) atoms. The fourth-order valence-corrected chi connectivity index (χ4v) is 3.93. The second-order valence-electron chi connectivity index (χ2n) is 8.00. The largest absolute Gasteiger partial charge is 0.384 e. The molecule has 0 atom stereocenters. The number of hydrogen-bond donors (Lipinski definition) is 2. The predicted molar refractivity (Wildman–Crippen MR) is 123 cm³/mol. The number of benzene rings is 2. The van der Waals surface area contributed by atoms with Gasteiger partial charge in [0, 0.05) is 25.2 Å². The lowest BCUT2D eigenvalue weighted by atomic mass is 9.93. The molecule has 4 N–H and O–H groups in total. The van der Waals surface area contributed by atoms with Crippen molar-refractivity contribution in [2.24, 2.45) is 22.5 Å². The summed E-state index contributed by atoms with van der Waals surface area (Å²) in [5.74, 6) is 7.39. The molecule has 1 fully saturated rings. The van der Waals surface area contributed by atoms with E-state index in [1.807, 2.05) is 24.3 Å². The standard InChI is InChI=1S/C24H35N5/c1-2-16-29(26)23-10-8-22(9-11-23)24(25)27-15-12-20-13-17-28(18-14-20)19-21-6-4-3-5-7-21/h3-11,20H,2,12-19,26H2,1H3,(H2,25,27). The molecule has 2 aromatic rings. The van der Waals surface area contributed by atoms with Crippen molar-refractivity contribution in [3.05, 3.63) is 65.7 Å². The third-order valence-corrected chi connectivity index (χ3v) is 5.73. The molecule has 0 spiro atoms. The highest BCUT2D eigenvalue weighted by atomic mass is 15.4. The highest BCUT2D eigenvalue weighted by Crippen LogP contribution is 2.22. The second kappa shape index (κ2) is 11.0. The SMILES string of the molecule is CCCN(N)c1ccc(C(N)=NCCC2CCN(Cc3ccccc3)CC2)cc1. The van der Waals surface area contributed by atoms with Gasteiger partial charge in [0.25, 0.3) is 0 Å². The minimum absolute atomic E-state index is 0.622. The van der Waals surface area contributed by atoms with Gasteiger partial charge in [0.15, 0.2) is 0 Å². The van der Waals surface area contributed by atoms with Gasteiger partial charge in [-0.1, -0.05) is 37.3 Å². The van der Waals surface area contributed by atoms with Crippen molar-refractivity contribution in [2.75, 3.05) is 31.2 Å². The van der Waals surface area contributed by atoms with E-state index in [2.05, 4.69) is 47.1 Å². The number of amidine groups is 1. The summed E-state index contributed by atoms with van der Waals surface area (Å²) in [6, 6.07) is 18.8. The van der Waals surface area contributed by atoms with Crippen molar-refractivity contribution in [1.29, 1.82) is 0 Å². The van der Waals surface area contributed by atoms with Gasteiger partial charge in [0.1, 0.15) is 5.84 Å².